The Morgan fingerprint density at radius 2 is 1.88 bits per heavy atom. The summed E-state index contributed by atoms with van der Waals surface area (Å²) >= 11 is 1.53. The first-order chi connectivity index (χ1) is 22.9. The van der Waals surface area contributed by atoms with Crippen LogP contribution in [0.5, 0.6) is 11.5 Å². The minimum atomic E-state index is -0.840. The molecule has 3 amide bonds. The molecule has 6 atom stereocenters. The van der Waals surface area contributed by atoms with E-state index in [1.807, 2.05) is 37.4 Å². The van der Waals surface area contributed by atoms with E-state index in [-0.39, 0.29) is 42.0 Å². The fraction of sp³-hybridized carbons (Fsp3) is 0.528. The number of benzene rings is 1. The molecular weight excluding hydrogens is 629 g/mol. The third-order valence-corrected chi connectivity index (χ3v) is 10.5. The summed E-state index contributed by atoms with van der Waals surface area (Å²) in [6.45, 7) is 8.22. The highest BCUT2D eigenvalue weighted by molar-refractivity contribution is 7.13. The van der Waals surface area contributed by atoms with Crippen molar-refractivity contribution >= 4 is 40.0 Å². The second-order valence-corrected chi connectivity index (χ2v) is 14.3. The van der Waals surface area contributed by atoms with Crippen molar-refractivity contribution in [1.82, 2.24) is 14.9 Å². The lowest BCUT2D eigenvalue weighted by atomic mass is 9.99. The topological polar surface area (TPSA) is 177 Å². The van der Waals surface area contributed by atoms with Gasteiger partial charge in [0, 0.05) is 34.2 Å². The average Bonchev–Trinajstić information content (AvgIpc) is 3.51. The van der Waals surface area contributed by atoms with E-state index >= 15 is 0 Å². The Balaban J connectivity index is 1.28. The van der Waals surface area contributed by atoms with Gasteiger partial charge in [-0.05, 0) is 56.6 Å². The predicted octanol–water partition coefficient (Wildman–Crippen LogP) is 4.83. The van der Waals surface area contributed by atoms with E-state index < -0.39 is 24.1 Å². The summed E-state index contributed by atoms with van der Waals surface area (Å²) in [5.41, 5.74) is 20.9. The predicted molar refractivity (Wildman–Crippen MR) is 187 cm³/mol. The number of rotatable bonds is 15. The van der Waals surface area contributed by atoms with Gasteiger partial charge in [-0.15, -0.1) is 11.3 Å². The van der Waals surface area contributed by atoms with Gasteiger partial charge in [-0.25, -0.2) is 9.97 Å². The molecule has 1 saturated carbocycles. The van der Waals surface area contributed by atoms with E-state index in [2.05, 4.69) is 26.0 Å². The number of allylic oxidation sites excluding steroid dienone is 2. The second-order valence-electron chi connectivity index (χ2n) is 13.5. The van der Waals surface area contributed by atoms with E-state index in [0.717, 1.165) is 59.3 Å². The van der Waals surface area contributed by atoms with Gasteiger partial charge < -0.3 is 31.6 Å². The zero-order valence-corrected chi connectivity index (χ0v) is 29.3. The second kappa shape index (κ2) is 15.0. The summed E-state index contributed by atoms with van der Waals surface area (Å²) in [6.07, 6.45) is 8.58. The molecule has 258 valence electrons. The SMILES string of the molecule is COc1ccc2c(O[C@H]3CN(C(=O)[C@@H](N)CCCCC/C=C\[C@@H]4C[C@@H]4C(N)=O)[C@H](C(N)=O)[C@@H]3C)cc(-c3nc(C(C)C)cs3)nc2c1C. The summed E-state index contributed by atoms with van der Waals surface area (Å²) in [7, 11) is 1.63. The number of likely N-dealkylation sites (tertiary alicyclic amines) is 1. The number of fused-ring (bicyclic) bond motifs is 1. The van der Waals surface area contributed by atoms with Gasteiger partial charge in [0.2, 0.25) is 17.7 Å². The standard InChI is InChI=1S/C36H48N6O5S/c1-19(2)27-18-48-35(41-27)26-16-29(23-13-14-28(46-5)20(3)31(23)40-26)47-30-17-42(32(21(30)4)34(39)44)36(45)25(37)12-10-8-6-7-9-11-22-15-24(22)33(38)43/h9,11,13-14,16,18-19,21-22,24-25,30,32H,6-8,10,12,15,17,37H2,1-5H3,(H2,38,43)(H2,39,44)/b11-9-/t21-,22-,24+,25+,30+,32+/m1/s1. The molecule has 1 aliphatic heterocycles. The summed E-state index contributed by atoms with van der Waals surface area (Å²) in [5.74, 6) is 0.367. The maximum atomic E-state index is 13.6. The number of thiazole rings is 1. The van der Waals surface area contributed by atoms with E-state index in [9.17, 15) is 14.4 Å². The van der Waals surface area contributed by atoms with Crippen molar-refractivity contribution in [2.45, 2.75) is 90.3 Å². The molecule has 0 bridgehead atoms. The Bertz CT molecular complexity index is 1690. The molecule has 6 N–H and O–H groups in total. The minimum Gasteiger partial charge on any atom is -0.496 e. The zero-order valence-electron chi connectivity index (χ0n) is 28.5. The first-order valence-corrected chi connectivity index (χ1v) is 17.7. The number of hydrogen-bond acceptors (Lipinski definition) is 9. The average molecular weight is 677 g/mol. The first kappa shape index (κ1) is 35.3. The summed E-state index contributed by atoms with van der Waals surface area (Å²) in [5, 5.41) is 3.62. The van der Waals surface area contributed by atoms with Gasteiger partial charge in [0.25, 0.3) is 0 Å². The highest BCUT2D eigenvalue weighted by Crippen LogP contribution is 2.40. The molecule has 11 nitrogen and oxygen atoms in total. The summed E-state index contributed by atoms with van der Waals surface area (Å²) < 4.78 is 12.3. The van der Waals surface area contributed by atoms with Crippen molar-refractivity contribution in [3.05, 3.63) is 47.0 Å². The number of methoxy groups -OCH3 is 1. The van der Waals surface area contributed by atoms with Crippen LogP contribution in [0, 0.1) is 24.7 Å². The van der Waals surface area contributed by atoms with Gasteiger partial charge in [0.05, 0.1) is 30.9 Å². The molecule has 1 aromatic carbocycles. The molecule has 0 spiro atoms. The van der Waals surface area contributed by atoms with E-state index in [1.165, 1.54) is 16.2 Å². The Kier molecular flexibility index (Phi) is 11.0. The molecule has 12 heteroatoms. The molecule has 3 heterocycles. The van der Waals surface area contributed by atoms with E-state index in [0.29, 0.717) is 23.6 Å². The highest BCUT2D eigenvalue weighted by atomic mass is 32.1. The Hall–Kier alpha value is -4.03. The largest absolute Gasteiger partial charge is 0.496 e. The van der Waals surface area contributed by atoms with Crippen LogP contribution >= 0.6 is 11.3 Å². The monoisotopic (exact) mass is 676 g/mol. The molecule has 1 saturated heterocycles. The number of primary amides is 2. The molecule has 0 radical (unpaired) electrons. The number of hydrogen-bond donors (Lipinski definition) is 3. The lowest BCUT2D eigenvalue weighted by molar-refractivity contribution is -0.139. The third kappa shape index (κ3) is 7.65. The van der Waals surface area contributed by atoms with Crippen LogP contribution in [0.2, 0.25) is 0 Å². The maximum absolute atomic E-state index is 13.6. The van der Waals surface area contributed by atoms with Gasteiger partial charge in [0.15, 0.2) is 0 Å². The molecule has 2 aromatic heterocycles. The number of aromatic nitrogens is 2. The number of carbonyl (C=O) groups is 3. The third-order valence-electron chi connectivity index (χ3n) is 9.64. The van der Waals surface area contributed by atoms with Crippen LogP contribution in [-0.2, 0) is 14.4 Å². The zero-order chi connectivity index (χ0) is 34.7. The number of aryl methyl sites for hydroxylation is 1. The molecule has 3 aromatic rings. The smallest absolute Gasteiger partial charge is 0.240 e. The molecule has 48 heavy (non-hydrogen) atoms. The van der Waals surface area contributed by atoms with Gasteiger partial charge in [-0.1, -0.05) is 45.8 Å². The number of unbranched alkanes of at least 4 members (excludes halogenated alkanes) is 3. The van der Waals surface area contributed by atoms with E-state index in [4.69, 9.17) is 36.6 Å². The maximum Gasteiger partial charge on any atom is 0.240 e. The van der Waals surface area contributed by atoms with Crippen LogP contribution in [0.1, 0.15) is 76.5 Å². The van der Waals surface area contributed by atoms with Gasteiger partial charge in [-0.3, -0.25) is 14.4 Å². The Morgan fingerprint density at radius 1 is 1.10 bits per heavy atom. The van der Waals surface area contributed by atoms with Crippen molar-refractivity contribution in [2.75, 3.05) is 13.7 Å². The molecule has 5 rings (SSSR count). The Labute approximate surface area is 286 Å². The number of amides is 3. The van der Waals surface area contributed by atoms with Crippen LogP contribution in [-0.4, -0.2) is 64.4 Å². The number of carbonyl (C=O) groups excluding carboxylic acids is 3. The van der Waals surface area contributed by atoms with Gasteiger partial charge in [0.1, 0.15) is 34.3 Å². The van der Waals surface area contributed by atoms with E-state index in [1.54, 1.807) is 7.11 Å². The number of pyridine rings is 1. The molecule has 2 fully saturated rings. The van der Waals surface area contributed by atoms with Crippen LogP contribution in [0.3, 0.4) is 0 Å². The number of nitrogens with two attached hydrogens (primary N) is 3. The van der Waals surface area contributed by atoms with Gasteiger partial charge >= 0.3 is 0 Å². The Morgan fingerprint density at radius 3 is 2.52 bits per heavy atom. The van der Waals surface area contributed by atoms with Crippen molar-refractivity contribution in [2.24, 2.45) is 35.0 Å². The van der Waals surface area contributed by atoms with Crippen molar-refractivity contribution in [3.63, 3.8) is 0 Å². The normalized spacial score (nSPS) is 22.8. The van der Waals surface area contributed by atoms with Crippen molar-refractivity contribution < 1.29 is 23.9 Å². The quantitative estimate of drug-likeness (QED) is 0.151. The highest BCUT2D eigenvalue weighted by Gasteiger charge is 2.47. The minimum absolute atomic E-state index is 0.00997. The molecular formula is C36H48N6O5S. The lowest BCUT2D eigenvalue weighted by Crippen LogP contribution is -2.51. The van der Waals surface area contributed by atoms with Crippen LogP contribution in [0.25, 0.3) is 21.6 Å². The molecule has 0 unspecified atom stereocenters. The molecule has 1 aliphatic carbocycles. The molecule has 2 aliphatic rings. The number of nitrogens with zero attached hydrogens (tertiary/aromatic N) is 3. The number of ether oxygens (including phenoxy) is 2. The fourth-order valence-corrected chi connectivity index (χ4v) is 7.49. The van der Waals surface area contributed by atoms with Gasteiger partial charge in [-0.2, -0.15) is 0 Å². The van der Waals surface area contributed by atoms with Crippen molar-refractivity contribution in [1.29, 1.82) is 0 Å². The van der Waals surface area contributed by atoms with Crippen LogP contribution in [0.4, 0.5) is 0 Å². The van der Waals surface area contributed by atoms with Crippen LogP contribution in [0.15, 0.2) is 35.7 Å². The van der Waals surface area contributed by atoms with Crippen LogP contribution < -0.4 is 26.7 Å². The summed E-state index contributed by atoms with van der Waals surface area (Å²) in [6, 6.07) is 4.09. The first-order valence-electron chi connectivity index (χ1n) is 16.8. The summed E-state index contributed by atoms with van der Waals surface area (Å²) in [4.78, 5) is 48.8. The van der Waals surface area contributed by atoms with Crippen molar-refractivity contribution in [3.8, 4) is 22.2 Å². The lowest BCUT2D eigenvalue weighted by Gasteiger charge is -2.26. The fourth-order valence-electron chi connectivity index (χ4n) is 6.55.